The lowest BCUT2D eigenvalue weighted by molar-refractivity contribution is -0.137. The van der Waals surface area contributed by atoms with E-state index in [4.69, 9.17) is 9.47 Å². The molecule has 0 aliphatic heterocycles. The van der Waals surface area contributed by atoms with Gasteiger partial charge in [0.1, 0.15) is 0 Å². The summed E-state index contributed by atoms with van der Waals surface area (Å²) in [5.74, 6) is -0.303. The zero-order valence-electron chi connectivity index (χ0n) is 9.72. The maximum Gasteiger partial charge on any atom is 0.330 e. The van der Waals surface area contributed by atoms with E-state index < -0.39 is 0 Å². The number of esters is 1. The van der Waals surface area contributed by atoms with Gasteiger partial charge in [0.25, 0.3) is 0 Å². The van der Waals surface area contributed by atoms with Crippen molar-refractivity contribution in [2.45, 2.75) is 40.2 Å². The maximum absolute atomic E-state index is 11.0. The largest absolute Gasteiger partial charge is 0.463 e. The summed E-state index contributed by atoms with van der Waals surface area (Å²) in [5, 5.41) is 0. The monoisotopic (exact) mass is 200 g/mol. The molecule has 0 N–H and O–H groups in total. The van der Waals surface area contributed by atoms with Crippen LogP contribution >= 0.6 is 0 Å². The molecule has 0 aromatic carbocycles. The molecule has 14 heavy (non-hydrogen) atoms. The van der Waals surface area contributed by atoms with E-state index in [0.29, 0.717) is 13.2 Å². The first-order valence-electron chi connectivity index (χ1n) is 4.83. The summed E-state index contributed by atoms with van der Waals surface area (Å²) in [6.45, 7) is 10.4. The lowest BCUT2D eigenvalue weighted by Gasteiger charge is -2.19. The van der Waals surface area contributed by atoms with Crippen molar-refractivity contribution in [2.75, 3.05) is 13.2 Å². The van der Waals surface area contributed by atoms with Crippen LogP contribution in [0.15, 0.2) is 11.6 Å². The summed E-state index contributed by atoms with van der Waals surface area (Å²) in [6, 6.07) is 0. The van der Waals surface area contributed by atoms with Crippen LogP contribution in [-0.2, 0) is 14.3 Å². The van der Waals surface area contributed by atoms with Gasteiger partial charge in [0.05, 0.1) is 18.8 Å². The number of ether oxygens (including phenoxy) is 2. The first kappa shape index (κ1) is 13.2. The first-order chi connectivity index (χ1) is 6.35. The highest BCUT2D eigenvalue weighted by molar-refractivity contribution is 5.82. The van der Waals surface area contributed by atoms with Crippen molar-refractivity contribution in [3.63, 3.8) is 0 Å². The number of carbonyl (C=O) groups excluding carboxylic acids is 1. The van der Waals surface area contributed by atoms with Gasteiger partial charge >= 0.3 is 5.97 Å². The van der Waals surface area contributed by atoms with Crippen LogP contribution < -0.4 is 0 Å². The van der Waals surface area contributed by atoms with E-state index in [1.54, 1.807) is 6.92 Å². The molecule has 0 aliphatic carbocycles. The normalized spacial score (nSPS) is 12.8. The summed E-state index contributed by atoms with van der Waals surface area (Å²) < 4.78 is 10.3. The van der Waals surface area contributed by atoms with Gasteiger partial charge in [-0.05, 0) is 40.2 Å². The minimum absolute atomic E-state index is 0.177. The SMILES string of the molecule is CCOC(=O)/C=C(\C)COC(C)(C)C. The summed E-state index contributed by atoms with van der Waals surface area (Å²) >= 11 is 0. The molecule has 0 radical (unpaired) electrons. The molecule has 0 aromatic heterocycles. The van der Waals surface area contributed by atoms with Crippen LogP contribution in [-0.4, -0.2) is 24.8 Å². The van der Waals surface area contributed by atoms with Crippen molar-refractivity contribution in [2.24, 2.45) is 0 Å². The highest BCUT2D eigenvalue weighted by atomic mass is 16.5. The quantitative estimate of drug-likeness (QED) is 0.516. The van der Waals surface area contributed by atoms with Crippen molar-refractivity contribution in [1.82, 2.24) is 0 Å². The van der Waals surface area contributed by atoms with Crippen molar-refractivity contribution < 1.29 is 14.3 Å². The molecule has 0 atom stereocenters. The predicted octanol–water partition coefficient (Wildman–Crippen LogP) is 2.31. The zero-order chi connectivity index (χ0) is 11.2. The first-order valence-corrected chi connectivity index (χ1v) is 4.83. The molecule has 3 heteroatoms. The molecule has 0 saturated heterocycles. The van der Waals surface area contributed by atoms with Gasteiger partial charge in [-0.1, -0.05) is 0 Å². The molecular formula is C11H20O3. The fourth-order valence-electron chi connectivity index (χ4n) is 0.757. The molecular weight excluding hydrogens is 180 g/mol. The Morgan fingerprint density at radius 2 is 1.93 bits per heavy atom. The Morgan fingerprint density at radius 3 is 2.36 bits per heavy atom. The van der Waals surface area contributed by atoms with Crippen molar-refractivity contribution in [1.29, 1.82) is 0 Å². The number of hydrogen-bond acceptors (Lipinski definition) is 3. The van der Waals surface area contributed by atoms with Crippen LogP contribution in [0.4, 0.5) is 0 Å². The van der Waals surface area contributed by atoms with E-state index in [2.05, 4.69) is 0 Å². The van der Waals surface area contributed by atoms with Crippen molar-refractivity contribution in [3.8, 4) is 0 Å². The van der Waals surface area contributed by atoms with E-state index in [1.165, 1.54) is 6.08 Å². The van der Waals surface area contributed by atoms with Crippen LogP contribution in [0.5, 0.6) is 0 Å². The van der Waals surface area contributed by atoms with E-state index in [9.17, 15) is 4.79 Å². The molecule has 3 nitrogen and oxygen atoms in total. The van der Waals surface area contributed by atoms with Crippen molar-refractivity contribution >= 4 is 5.97 Å². The molecule has 82 valence electrons. The Labute approximate surface area is 86.1 Å². The lowest BCUT2D eigenvalue weighted by Crippen LogP contribution is -2.20. The summed E-state index contributed by atoms with van der Waals surface area (Å²) in [5.41, 5.74) is 0.697. The fourth-order valence-corrected chi connectivity index (χ4v) is 0.757. The molecule has 0 aromatic rings. The summed E-state index contributed by atoms with van der Waals surface area (Å²) in [6.07, 6.45) is 1.47. The van der Waals surface area contributed by atoms with Crippen LogP contribution in [0.3, 0.4) is 0 Å². The molecule has 0 heterocycles. The van der Waals surface area contributed by atoms with Gasteiger partial charge in [-0.25, -0.2) is 4.79 Å². The van der Waals surface area contributed by atoms with Crippen LogP contribution in [0, 0.1) is 0 Å². The Morgan fingerprint density at radius 1 is 1.36 bits per heavy atom. The second-order valence-corrected chi connectivity index (χ2v) is 4.14. The zero-order valence-corrected chi connectivity index (χ0v) is 9.72. The average molecular weight is 200 g/mol. The fraction of sp³-hybridized carbons (Fsp3) is 0.727. The van der Waals surface area contributed by atoms with E-state index in [0.717, 1.165) is 5.57 Å². The van der Waals surface area contributed by atoms with E-state index in [-0.39, 0.29) is 11.6 Å². The molecule has 0 spiro atoms. The topological polar surface area (TPSA) is 35.5 Å². The lowest BCUT2D eigenvalue weighted by atomic mass is 10.2. The molecule has 0 aliphatic rings. The number of hydrogen-bond donors (Lipinski definition) is 0. The summed E-state index contributed by atoms with van der Waals surface area (Å²) in [4.78, 5) is 11.0. The van der Waals surface area contributed by atoms with Gasteiger partial charge in [-0.3, -0.25) is 0 Å². The molecule has 0 unspecified atom stereocenters. The minimum Gasteiger partial charge on any atom is -0.463 e. The Balaban J connectivity index is 3.95. The molecule has 0 fully saturated rings. The second kappa shape index (κ2) is 5.81. The van der Waals surface area contributed by atoms with Gasteiger partial charge in [0, 0.05) is 6.08 Å². The van der Waals surface area contributed by atoms with Gasteiger partial charge in [-0.15, -0.1) is 0 Å². The van der Waals surface area contributed by atoms with Crippen LogP contribution in [0.1, 0.15) is 34.6 Å². The van der Waals surface area contributed by atoms with Crippen molar-refractivity contribution in [3.05, 3.63) is 11.6 Å². The van der Waals surface area contributed by atoms with E-state index in [1.807, 2.05) is 27.7 Å². The average Bonchev–Trinajstić information content (AvgIpc) is 2.00. The number of rotatable bonds is 4. The third-order valence-corrected chi connectivity index (χ3v) is 1.38. The standard InChI is InChI=1S/C11H20O3/c1-6-13-10(12)7-9(2)8-14-11(3,4)5/h7H,6,8H2,1-5H3/b9-7+. The Kier molecular flexibility index (Phi) is 5.46. The third-order valence-electron chi connectivity index (χ3n) is 1.38. The van der Waals surface area contributed by atoms with Gasteiger partial charge in [-0.2, -0.15) is 0 Å². The number of carbonyl (C=O) groups is 1. The molecule has 0 rings (SSSR count). The maximum atomic E-state index is 11.0. The minimum atomic E-state index is -0.303. The van der Waals surface area contributed by atoms with Gasteiger partial charge in [0.15, 0.2) is 0 Å². The highest BCUT2D eigenvalue weighted by Gasteiger charge is 2.10. The second-order valence-electron chi connectivity index (χ2n) is 4.14. The van der Waals surface area contributed by atoms with Crippen LogP contribution in [0.2, 0.25) is 0 Å². The van der Waals surface area contributed by atoms with Gasteiger partial charge < -0.3 is 9.47 Å². The van der Waals surface area contributed by atoms with E-state index >= 15 is 0 Å². The summed E-state index contributed by atoms with van der Waals surface area (Å²) in [7, 11) is 0. The molecule has 0 saturated carbocycles. The predicted molar refractivity (Wildman–Crippen MR) is 56.1 cm³/mol. The smallest absolute Gasteiger partial charge is 0.330 e. The Hall–Kier alpha value is -0.830. The Bertz CT molecular complexity index is 211. The molecule has 0 amide bonds. The van der Waals surface area contributed by atoms with Crippen LogP contribution in [0.25, 0.3) is 0 Å². The third kappa shape index (κ3) is 7.80. The van der Waals surface area contributed by atoms with Gasteiger partial charge in [0.2, 0.25) is 0 Å². The highest BCUT2D eigenvalue weighted by Crippen LogP contribution is 2.08. The molecule has 0 bridgehead atoms.